The van der Waals surface area contributed by atoms with Crippen LogP contribution in [0.25, 0.3) is 5.69 Å². The summed E-state index contributed by atoms with van der Waals surface area (Å²) in [5.74, 6) is -0.101. The van der Waals surface area contributed by atoms with Crippen LogP contribution in [0.2, 0.25) is 0 Å². The van der Waals surface area contributed by atoms with Crippen LogP contribution in [0.15, 0.2) is 71.0 Å². The molecule has 26 heavy (non-hydrogen) atoms. The number of fused-ring (bicyclic) bond motifs is 1. The number of hydrogen-bond acceptors (Lipinski definition) is 6. The monoisotopic (exact) mass is 386 g/mol. The van der Waals surface area contributed by atoms with E-state index in [0.29, 0.717) is 10.9 Å². The fourth-order valence-corrected chi connectivity index (χ4v) is 5.30. The van der Waals surface area contributed by atoms with E-state index in [0.717, 1.165) is 9.99 Å². The van der Waals surface area contributed by atoms with Gasteiger partial charge in [0.15, 0.2) is 5.16 Å². The molecule has 0 saturated heterocycles. The maximum absolute atomic E-state index is 12.5. The molecule has 0 bridgehead atoms. The Kier molecular flexibility index (Phi) is 4.25. The van der Waals surface area contributed by atoms with Crippen LogP contribution in [0, 0.1) is 0 Å². The molecule has 7 nitrogen and oxygen atoms in total. The summed E-state index contributed by atoms with van der Waals surface area (Å²) in [5.41, 5.74) is 1.14. The summed E-state index contributed by atoms with van der Waals surface area (Å²) in [4.78, 5) is 12.5. The molecule has 0 unspecified atom stereocenters. The van der Waals surface area contributed by atoms with Crippen LogP contribution in [-0.2, 0) is 10.0 Å². The third-order valence-electron chi connectivity index (χ3n) is 3.99. The molecule has 1 aliphatic heterocycles. The number of sulfonamides is 1. The highest BCUT2D eigenvalue weighted by Crippen LogP contribution is 2.30. The molecular weight excluding hydrogens is 372 g/mol. The van der Waals surface area contributed by atoms with Gasteiger partial charge in [-0.3, -0.25) is 9.36 Å². The highest BCUT2D eigenvalue weighted by atomic mass is 32.2. The first-order chi connectivity index (χ1) is 12.6. The standard InChI is InChI=1S/C17H14N4O3S2/c22-16-14-8-4-5-9-15(14)26(23,24)21(16)10-11-25-17-19-18-12-20(17)13-6-2-1-3-7-13/h1-9,12H,10-11H2. The number of aromatic nitrogens is 3. The van der Waals surface area contributed by atoms with Crippen LogP contribution in [0.3, 0.4) is 0 Å². The Morgan fingerprint density at radius 3 is 2.50 bits per heavy atom. The molecule has 132 valence electrons. The first kappa shape index (κ1) is 16.8. The largest absolute Gasteiger partial charge is 0.277 e. The molecule has 2 heterocycles. The van der Waals surface area contributed by atoms with Crippen molar-refractivity contribution < 1.29 is 13.2 Å². The van der Waals surface area contributed by atoms with Crippen molar-refractivity contribution in [2.75, 3.05) is 12.3 Å². The molecule has 2 aromatic carbocycles. The molecule has 0 spiro atoms. The van der Waals surface area contributed by atoms with Gasteiger partial charge in [0.05, 0.1) is 5.56 Å². The topological polar surface area (TPSA) is 85.2 Å². The number of para-hydroxylation sites is 1. The molecule has 0 atom stereocenters. The normalized spacial score (nSPS) is 15.2. The SMILES string of the molecule is O=C1c2ccccc2S(=O)(=O)N1CCSc1nncn1-c1ccccc1. The summed E-state index contributed by atoms with van der Waals surface area (Å²) < 4.78 is 27.8. The third-order valence-corrected chi connectivity index (χ3v) is 6.75. The number of carbonyl (C=O) groups is 1. The van der Waals surface area contributed by atoms with Crippen LogP contribution < -0.4 is 0 Å². The van der Waals surface area contributed by atoms with E-state index in [1.807, 2.05) is 34.9 Å². The summed E-state index contributed by atoms with van der Waals surface area (Å²) >= 11 is 1.35. The molecule has 1 aromatic heterocycles. The van der Waals surface area contributed by atoms with Crippen molar-refractivity contribution in [1.82, 2.24) is 19.1 Å². The van der Waals surface area contributed by atoms with Crippen LogP contribution in [-0.4, -0.2) is 45.7 Å². The van der Waals surface area contributed by atoms with Crippen molar-refractivity contribution in [1.29, 1.82) is 0 Å². The molecular formula is C17H14N4O3S2. The van der Waals surface area contributed by atoms with E-state index < -0.39 is 15.9 Å². The second-order valence-corrected chi connectivity index (χ2v) is 8.44. The zero-order valence-corrected chi connectivity index (χ0v) is 15.2. The predicted molar refractivity (Wildman–Crippen MR) is 96.7 cm³/mol. The van der Waals surface area contributed by atoms with E-state index in [9.17, 15) is 13.2 Å². The first-order valence-electron chi connectivity index (χ1n) is 7.83. The van der Waals surface area contributed by atoms with Crippen LogP contribution >= 0.6 is 11.8 Å². The van der Waals surface area contributed by atoms with Gasteiger partial charge in [-0.2, -0.15) is 0 Å². The minimum atomic E-state index is -3.77. The van der Waals surface area contributed by atoms with Gasteiger partial charge in [-0.15, -0.1) is 10.2 Å². The Bertz CT molecular complexity index is 1060. The van der Waals surface area contributed by atoms with Crippen LogP contribution in [0.1, 0.15) is 10.4 Å². The first-order valence-corrected chi connectivity index (χ1v) is 10.3. The lowest BCUT2D eigenvalue weighted by atomic mass is 10.2. The Morgan fingerprint density at radius 2 is 1.73 bits per heavy atom. The lowest BCUT2D eigenvalue weighted by Crippen LogP contribution is -2.32. The molecule has 1 aliphatic rings. The number of nitrogens with zero attached hydrogens (tertiary/aromatic N) is 4. The predicted octanol–water partition coefficient (Wildman–Crippen LogP) is 2.20. The Balaban J connectivity index is 1.49. The molecule has 3 aromatic rings. The summed E-state index contributed by atoms with van der Waals surface area (Å²) in [7, 11) is -3.77. The van der Waals surface area contributed by atoms with Gasteiger partial charge in [0.1, 0.15) is 11.2 Å². The van der Waals surface area contributed by atoms with Crippen molar-refractivity contribution >= 4 is 27.7 Å². The minimum Gasteiger partial charge on any atom is -0.277 e. The third kappa shape index (κ3) is 2.78. The molecule has 1 amide bonds. The van der Waals surface area contributed by atoms with Crippen molar-refractivity contribution in [2.45, 2.75) is 10.1 Å². The maximum Gasteiger partial charge on any atom is 0.269 e. The number of amides is 1. The van der Waals surface area contributed by atoms with Gasteiger partial charge in [-0.1, -0.05) is 42.1 Å². The fourth-order valence-electron chi connectivity index (χ4n) is 2.76. The average molecular weight is 386 g/mol. The van der Waals surface area contributed by atoms with Gasteiger partial charge < -0.3 is 0 Å². The van der Waals surface area contributed by atoms with E-state index in [-0.39, 0.29) is 17.0 Å². The number of hydrogen-bond donors (Lipinski definition) is 0. The van der Waals surface area contributed by atoms with Gasteiger partial charge in [0, 0.05) is 18.0 Å². The smallest absolute Gasteiger partial charge is 0.269 e. The van der Waals surface area contributed by atoms with E-state index in [1.54, 1.807) is 18.5 Å². The number of carbonyl (C=O) groups excluding carboxylic acids is 1. The second-order valence-electron chi connectivity index (χ2n) is 5.55. The van der Waals surface area contributed by atoms with Crippen LogP contribution in [0.4, 0.5) is 0 Å². The van der Waals surface area contributed by atoms with E-state index in [1.165, 1.54) is 23.9 Å². The summed E-state index contributed by atoms with van der Waals surface area (Å²) in [6, 6.07) is 15.9. The zero-order valence-electron chi connectivity index (χ0n) is 13.5. The van der Waals surface area contributed by atoms with Gasteiger partial charge in [0.25, 0.3) is 15.9 Å². The molecule has 4 rings (SSSR count). The Morgan fingerprint density at radius 1 is 1.00 bits per heavy atom. The molecule has 9 heteroatoms. The van der Waals surface area contributed by atoms with Crippen molar-refractivity contribution in [3.63, 3.8) is 0 Å². The summed E-state index contributed by atoms with van der Waals surface area (Å²) in [5, 5.41) is 8.63. The van der Waals surface area contributed by atoms with Gasteiger partial charge in [-0.25, -0.2) is 12.7 Å². The molecule has 0 saturated carbocycles. The van der Waals surface area contributed by atoms with Crippen LogP contribution in [0.5, 0.6) is 0 Å². The molecule has 0 N–H and O–H groups in total. The average Bonchev–Trinajstić information content (AvgIpc) is 3.20. The number of rotatable bonds is 5. The summed E-state index contributed by atoms with van der Waals surface area (Å²) in [6.45, 7) is 0.0716. The fraction of sp³-hybridized carbons (Fsp3) is 0.118. The van der Waals surface area contributed by atoms with Gasteiger partial charge in [0.2, 0.25) is 0 Å². The van der Waals surface area contributed by atoms with Gasteiger partial charge >= 0.3 is 0 Å². The highest BCUT2D eigenvalue weighted by molar-refractivity contribution is 7.99. The van der Waals surface area contributed by atoms with Gasteiger partial charge in [-0.05, 0) is 24.3 Å². The van der Waals surface area contributed by atoms with E-state index >= 15 is 0 Å². The number of benzene rings is 2. The lowest BCUT2D eigenvalue weighted by molar-refractivity contribution is 0.0876. The Hall–Kier alpha value is -2.65. The van der Waals surface area contributed by atoms with E-state index in [2.05, 4.69) is 10.2 Å². The second kappa shape index (κ2) is 6.58. The Labute approximate surface area is 154 Å². The number of thioether (sulfide) groups is 1. The van der Waals surface area contributed by atoms with Crippen molar-refractivity contribution in [2.24, 2.45) is 0 Å². The van der Waals surface area contributed by atoms with Crippen molar-refractivity contribution in [3.8, 4) is 5.69 Å². The molecule has 0 aliphatic carbocycles. The zero-order chi connectivity index (χ0) is 18.1. The maximum atomic E-state index is 12.5. The highest BCUT2D eigenvalue weighted by Gasteiger charge is 2.40. The minimum absolute atomic E-state index is 0.0716. The summed E-state index contributed by atoms with van der Waals surface area (Å²) in [6.07, 6.45) is 1.60. The van der Waals surface area contributed by atoms with E-state index in [4.69, 9.17) is 0 Å². The molecule has 0 radical (unpaired) electrons. The molecule has 0 fully saturated rings. The van der Waals surface area contributed by atoms with Crippen molar-refractivity contribution in [3.05, 3.63) is 66.5 Å². The quantitative estimate of drug-likeness (QED) is 0.625. The lowest BCUT2D eigenvalue weighted by Gasteiger charge is -2.14.